The first kappa shape index (κ1) is 14.3. The molecule has 19 heavy (non-hydrogen) atoms. The Balaban J connectivity index is 1.76. The van der Waals surface area contributed by atoms with Crippen LogP contribution < -0.4 is 10.6 Å². The molecule has 0 spiro atoms. The van der Waals surface area contributed by atoms with Crippen molar-refractivity contribution in [3.05, 3.63) is 35.6 Å². The smallest absolute Gasteiger partial charge is 0.166 e. The lowest BCUT2D eigenvalue weighted by atomic mass is 9.86. The van der Waals surface area contributed by atoms with Crippen LogP contribution in [-0.4, -0.2) is 11.2 Å². The number of thiocarbonyl (C=S) groups is 1. The summed E-state index contributed by atoms with van der Waals surface area (Å²) >= 11 is 5.32. The maximum Gasteiger partial charge on any atom is 0.166 e. The molecule has 4 heteroatoms. The molecular weight excluding hydrogens is 259 g/mol. The maximum atomic E-state index is 12.8. The highest BCUT2D eigenvalue weighted by Gasteiger charge is 2.21. The number of halogens is 1. The van der Waals surface area contributed by atoms with Gasteiger partial charge in [0.25, 0.3) is 0 Å². The van der Waals surface area contributed by atoms with Gasteiger partial charge in [0.15, 0.2) is 5.11 Å². The molecule has 0 amide bonds. The second-order valence-electron chi connectivity index (χ2n) is 5.32. The van der Waals surface area contributed by atoms with Crippen molar-refractivity contribution in [3.8, 4) is 0 Å². The highest BCUT2D eigenvalue weighted by atomic mass is 32.1. The molecule has 0 bridgehead atoms. The number of nitrogens with one attached hydrogen (secondary N) is 2. The van der Waals surface area contributed by atoms with Gasteiger partial charge in [-0.15, -0.1) is 0 Å². The minimum atomic E-state index is -0.208. The Morgan fingerprint density at radius 1 is 1.26 bits per heavy atom. The van der Waals surface area contributed by atoms with Gasteiger partial charge in [-0.1, -0.05) is 31.9 Å². The van der Waals surface area contributed by atoms with Crippen molar-refractivity contribution in [2.75, 3.05) is 0 Å². The predicted octanol–water partition coefficient (Wildman–Crippen LogP) is 3.37. The van der Waals surface area contributed by atoms with E-state index in [0.29, 0.717) is 23.6 Å². The largest absolute Gasteiger partial charge is 0.360 e. The van der Waals surface area contributed by atoms with E-state index in [4.69, 9.17) is 12.2 Å². The molecule has 0 aliphatic heterocycles. The summed E-state index contributed by atoms with van der Waals surface area (Å²) in [6, 6.07) is 6.97. The molecule has 104 valence electrons. The molecule has 0 saturated heterocycles. The Bertz CT molecular complexity index is 419. The summed E-state index contributed by atoms with van der Waals surface area (Å²) in [6.07, 6.45) is 5.08. The van der Waals surface area contributed by atoms with Crippen molar-refractivity contribution < 1.29 is 4.39 Å². The van der Waals surface area contributed by atoms with E-state index in [1.807, 2.05) is 0 Å². The van der Waals surface area contributed by atoms with Crippen LogP contribution >= 0.6 is 12.2 Å². The molecule has 1 saturated carbocycles. The Morgan fingerprint density at radius 2 is 1.95 bits per heavy atom. The Morgan fingerprint density at radius 3 is 2.63 bits per heavy atom. The topological polar surface area (TPSA) is 24.1 Å². The van der Waals surface area contributed by atoms with Crippen LogP contribution in [0.1, 0.15) is 38.2 Å². The summed E-state index contributed by atoms with van der Waals surface area (Å²) < 4.78 is 12.8. The van der Waals surface area contributed by atoms with Crippen molar-refractivity contribution in [1.29, 1.82) is 0 Å². The van der Waals surface area contributed by atoms with Crippen molar-refractivity contribution in [2.24, 2.45) is 5.92 Å². The van der Waals surface area contributed by atoms with Gasteiger partial charge in [-0.05, 0) is 48.7 Å². The number of hydrogen-bond donors (Lipinski definition) is 2. The zero-order chi connectivity index (χ0) is 13.7. The monoisotopic (exact) mass is 280 g/mol. The molecule has 1 fully saturated rings. The third-order valence-corrected chi connectivity index (χ3v) is 4.06. The number of benzene rings is 1. The van der Waals surface area contributed by atoms with E-state index in [9.17, 15) is 4.39 Å². The first-order valence-electron chi connectivity index (χ1n) is 6.94. The van der Waals surface area contributed by atoms with E-state index in [-0.39, 0.29) is 5.82 Å². The van der Waals surface area contributed by atoms with Gasteiger partial charge in [-0.3, -0.25) is 0 Å². The highest BCUT2D eigenvalue weighted by molar-refractivity contribution is 7.80. The van der Waals surface area contributed by atoms with Gasteiger partial charge < -0.3 is 10.6 Å². The predicted molar refractivity (Wildman–Crippen MR) is 80.4 cm³/mol. The minimum absolute atomic E-state index is 0.208. The second kappa shape index (κ2) is 6.85. The molecule has 0 aromatic heterocycles. The molecule has 1 aromatic carbocycles. The second-order valence-corrected chi connectivity index (χ2v) is 5.73. The average Bonchev–Trinajstić information content (AvgIpc) is 2.41. The van der Waals surface area contributed by atoms with Crippen LogP contribution in [0.15, 0.2) is 24.3 Å². The van der Waals surface area contributed by atoms with Crippen molar-refractivity contribution in [1.82, 2.24) is 10.6 Å². The van der Waals surface area contributed by atoms with Crippen molar-refractivity contribution in [3.63, 3.8) is 0 Å². The minimum Gasteiger partial charge on any atom is -0.360 e. The van der Waals surface area contributed by atoms with Gasteiger partial charge in [-0.25, -0.2) is 4.39 Å². The molecule has 1 aliphatic rings. The van der Waals surface area contributed by atoms with E-state index in [1.54, 1.807) is 12.1 Å². The molecule has 2 N–H and O–H groups in total. The molecule has 2 rings (SSSR count). The van der Waals surface area contributed by atoms with Gasteiger partial charge in [0.1, 0.15) is 5.82 Å². The fraction of sp³-hybridized carbons (Fsp3) is 0.533. The van der Waals surface area contributed by atoms with Crippen LogP contribution in [-0.2, 0) is 6.54 Å². The lowest BCUT2D eigenvalue weighted by molar-refractivity contribution is 0.308. The van der Waals surface area contributed by atoms with Crippen LogP contribution in [0.25, 0.3) is 0 Å². The Hall–Kier alpha value is -1.16. The van der Waals surface area contributed by atoms with Gasteiger partial charge in [-0.2, -0.15) is 0 Å². The normalized spacial score (nSPS) is 22.8. The Labute approximate surface area is 119 Å². The van der Waals surface area contributed by atoms with Crippen LogP contribution in [0.5, 0.6) is 0 Å². The van der Waals surface area contributed by atoms with Gasteiger partial charge in [0, 0.05) is 12.6 Å². The van der Waals surface area contributed by atoms with Gasteiger partial charge in [0.2, 0.25) is 0 Å². The fourth-order valence-electron chi connectivity index (χ4n) is 2.53. The third-order valence-electron chi connectivity index (χ3n) is 3.79. The SMILES string of the molecule is CC1CCCCC1NC(=S)NCc1ccc(F)cc1. The van der Waals surface area contributed by atoms with Crippen molar-refractivity contribution >= 4 is 17.3 Å². The number of hydrogen-bond acceptors (Lipinski definition) is 1. The summed E-state index contributed by atoms with van der Waals surface area (Å²) in [4.78, 5) is 0. The summed E-state index contributed by atoms with van der Waals surface area (Å²) in [5.41, 5.74) is 1.03. The average molecular weight is 280 g/mol. The van der Waals surface area contributed by atoms with Crippen LogP contribution in [0, 0.1) is 11.7 Å². The lowest BCUT2D eigenvalue weighted by Gasteiger charge is -2.30. The first-order valence-corrected chi connectivity index (χ1v) is 7.35. The molecule has 2 unspecified atom stereocenters. The lowest BCUT2D eigenvalue weighted by Crippen LogP contribution is -2.45. The first-order chi connectivity index (χ1) is 9.15. The summed E-state index contributed by atoms with van der Waals surface area (Å²) in [6.45, 7) is 2.91. The molecule has 2 atom stereocenters. The highest BCUT2D eigenvalue weighted by Crippen LogP contribution is 2.23. The van der Waals surface area contributed by atoms with Crippen molar-refractivity contribution in [2.45, 2.75) is 45.2 Å². The summed E-state index contributed by atoms with van der Waals surface area (Å²) in [5, 5.41) is 7.28. The van der Waals surface area contributed by atoms with Gasteiger partial charge in [0.05, 0.1) is 0 Å². The van der Waals surface area contributed by atoms with Crippen LogP contribution in [0.4, 0.5) is 4.39 Å². The Kier molecular flexibility index (Phi) is 5.14. The molecule has 2 nitrogen and oxygen atoms in total. The molecule has 0 radical (unpaired) electrons. The van der Waals surface area contributed by atoms with E-state index in [0.717, 1.165) is 5.56 Å². The van der Waals surface area contributed by atoms with Crippen LogP contribution in [0.3, 0.4) is 0 Å². The third kappa shape index (κ3) is 4.46. The zero-order valence-corrected chi connectivity index (χ0v) is 12.1. The zero-order valence-electron chi connectivity index (χ0n) is 11.3. The molecule has 0 heterocycles. The molecular formula is C15H21FN2S. The quantitative estimate of drug-likeness (QED) is 0.830. The summed E-state index contributed by atoms with van der Waals surface area (Å²) in [7, 11) is 0. The van der Waals surface area contributed by atoms with Crippen LogP contribution in [0.2, 0.25) is 0 Å². The van der Waals surface area contributed by atoms with E-state index < -0.39 is 0 Å². The van der Waals surface area contributed by atoms with E-state index in [1.165, 1.54) is 37.8 Å². The molecule has 1 aromatic rings. The van der Waals surface area contributed by atoms with E-state index in [2.05, 4.69) is 17.6 Å². The standard InChI is InChI=1S/C15H21FN2S/c1-11-4-2-3-5-14(11)18-15(19)17-10-12-6-8-13(16)9-7-12/h6-9,11,14H,2-5,10H2,1H3,(H2,17,18,19). The van der Waals surface area contributed by atoms with Gasteiger partial charge >= 0.3 is 0 Å². The number of rotatable bonds is 3. The van der Waals surface area contributed by atoms with E-state index >= 15 is 0 Å². The summed E-state index contributed by atoms with van der Waals surface area (Å²) in [5.74, 6) is 0.472. The fourth-order valence-corrected chi connectivity index (χ4v) is 2.76. The molecule has 1 aliphatic carbocycles. The maximum absolute atomic E-state index is 12.8.